The molecular formula is C48H60N2O12. The number of carbonyl (C=O) groups is 2. The summed E-state index contributed by atoms with van der Waals surface area (Å²) in [5, 5.41) is 5.49. The summed E-state index contributed by atoms with van der Waals surface area (Å²) in [5.74, 6) is 0.0622. The average molecular weight is 857 g/mol. The lowest BCUT2D eigenvalue weighted by atomic mass is 9.98. The highest BCUT2D eigenvalue weighted by Gasteiger charge is 2.30. The van der Waals surface area contributed by atoms with Crippen molar-refractivity contribution in [2.45, 2.75) is 11.8 Å². The van der Waals surface area contributed by atoms with Crippen molar-refractivity contribution in [3.05, 3.63) is 119 Å². The van der Waals surface area contributed by atoms with E-state index < -0.39 is 12.2 Å². The topological polar surface area (TPSA) is 150 Å². The van der Waals surface area contributed by atoms with Gasteiger partial charge in [0.1, 0.15) is 13.2 Å². The second-order valence-electron chi connectivity index (χ2n) is 14.4. The van der Waals surface area contributed by atoms with Gasteiger partial charge in [-0.25, -0.2) is 9.59 Å². The average Bonchev–Trinajstić information content (AvgIpc) is 3.80. The molecule has 0 saturated heterocycles. The number of hydrogen-bond acceptors (Lipinski definition) is 12. The Morgan fingerprint density at radius 3 is 0.823 bits per heavy atom. The van der Waals surface area contributed by atoms with Crippen molar-refractivity contribution < 1.29 is 57.0 Å². The SMILES string of the molecule is O=C(NCCOCCOCCOCCOCCOCCOCCOCCOCCNC(=O)OCC1c2ccccc2-c2ccccc21)OCC1c2ccccc2-c2ccccc21. The molecule has 0 atom stereocenters. The van der Waals surface area contributed by atoms with Crippen LogP contribution in [0.5, 0.6) is 0 Å². The van der Waals surface area contributed by atoms with Crippen molar-refractivity contribution in [2.75, 3.05) is 132 Å². The molecule has 334 valence electrons. The van der Waals surface area contributed by atoms with Gasteiger partial charge in [0.15, 0.2) is 0 Å². The van der Waals surface area contributed by atoms with Crippen molar-refractivity contribution >= 4 is 12.2 Å². The molecule has 14 heteroatoms. The maximum atomic E-state index is 12.3. The zero-order valence-electron chi connectivity index (χ0n) is 35.4. The van der Waals surface area contributed by atoms with Crippen molar-refractivity contribution in [3.8, 4) is 22.3 Å². The third-order valence-corrected chi connectivity index (χ3v) is 10.3. The van der Waals surface area contributed by atoms with Crippen molar-refractivity contribution in [3.63, 3.8) is 0 Å². The van der Waals surface area contributed by atoms with Crippen LogP contribution in [0, 0.1) is 0 Å². The van der Waals surface area contributed by atoms with Crippen LogP contribution in [0.1, 0.15) is 34.1 Å². The standard InChI is InChI=1S/C48H60N2O12/c51-47(61-35-45-41-13-5-1-9-37(41)38-10-2-6-14-42(38)45)49-17-19-53-21-23-55-25-27-57-29-31-59-33-34-60-32-30-58-28-26-56-24-22-54-20-18-50-48(52)62-36-46-43-15-7-3-11-39(43)40-12-4-8-16-44(40)46/h1-16,45-46H,17-36H2,(H,49,51)(H,50,52). The zero-order valence-corrected chi connectivity index (χ0v) is 35.4. The van der Waals surface area contributed by atoms with E-state index in [9.17, 15) is 9.59 Å². The second kappa shape index (κ2) is 27.2. The molecule has 0 radical (unpaired) electrons. The molecule has 4 aromatic carbocycles. The van der Waals surface area contributed by atoms with Crippen LogP contribution in [-0.4, -0.2) is 144 Å². The van der Waals surface area contributed by atoms with E-state index in [1.165, 1.54) is 44.5 Å². The molecule has 2 aliphatic rings. The highest BCUT2D eigenvalue weighted by Crippen LogP contribution is 2.45. The van der Waals surface area contributed by atoms with E-state index in [1.54, 1.807) is 0 Å². The van der Waals surface area contributed by atoms with Crippen LogP contribution in [0.25, 0.3) is 22.3 Å². The van der Waals surface area contributed by atoms with Crippen molar-refractivity contribution in [1.29, 1.82) is 0 Å². The summed E-state index contributed by atoms with van der Waals surface area (Å²) >= 11 is 0. The summed E-state index contributed by atoms with van der Waals surface area (Å²) in [6.07, 6.45) is -0.914. The number of amides is 2. The first kappa shape index (κ1) is 46.6. The minimum absolute atomic E-state index is 0.0311. The van der Waals surface area contributed by atoms with Gasteiger partial charge >= 0.3 is 12.2 Å². The van der Waals surface area contributed by atoms with E-state index >= 15 is 0 Å². The number of fused-ring (bicyclic) bond motifs is 6. The summed E-state index contributed by atoms with van der Waals surface area (Å²) in [6.45, 7) is 8.32. The molecular weight excluding hydrogens is 797 g/mol. The number of carbonyl (C=O) groups excluding carboxylic acids is 2. The monoisotopic (exact) mass is 856 g/mol. The van der Waals surface area contributed by atoms with Gasteiger partial charge in [-0.3, -0.25) is 0 Å². The number of alkyl carbamates (subject to hydrolysis) is 2. The summed E-state index contributed by atoms with van der Waals surface area (Å²) < 4.78 is 55.3. The van der Waals surface area contributed by atoms with E-state index in [2.05, 4.69) is 59.2 Å². The normalized spacial score (nSPS) is 12.7. The predicted octanol–water partition coefficient (Wildman–Crippen LogP) is 6.20. The van der Waals surface area contributed by atoms with Crippen LogP contribution >= 0.6 is 0 Å². The van der Waals surface area contributed by atoms with Gasteiger partial charge in [0, 0.05) is 24.9 Å². The Hall–Kier alpha value is -4.90. The van der Waals surface area contributed by atoms with Crippen molar-refractivity contribution in [2.24, 2.45) is 0 Å². The summed E-state index contributed by atoms with van der Waals surface area (Å²) in [7, 11) is 0. The minimum atomic E-state index is -0.457. The number of benzene rings is 4. The molecule has 6 rings (SSSR count). The van der Waals surface area contributed by atoms with Crippen LogP contribution in [-0.2, 0) is 47.4 Å². The molecule has 0 spiro atoms. The number of nitrogens with one attached hydrogen (secondary N) is 2. The Balaban J connectivity index is 0.619. The van der Waals surface area contributed by atoms with Crippen LogP contribution in [0.4, 0.5) is 9.59 Å². The Bertz CT molecular complexity index is 1700. The fourth-order valence-corrected chi connectivity index (χ4v) is 7.39. The second-order valence-corrected chi connectivity index (χ2v) is 14.4. The lowest BCUT2D eigenvalue weighted by Crippen LogP contribution is -2.29. The van der Waals surface area contributed by atoms with Crippen LogP contribution in [0.3, 0.4) is 0 Å². The van der Waals surface area contributed by atoms with Gasteiger partial charge in [0.25, 0.3) is 0 Å². The fourth-order valence-electron chi connectivity index (χ4n) is 7.39. The van der Waals surface area contributed by atoms with Crippen LogP contribution in [0.15, 0.2) is 97.1 Å². The van der Waals surface area contributed by atoms with E-state index in [0.29, 0.717) is 119 Å². The molecule has 0 aromatic heterocycles. The largest absolute Gasteiger partial charge is 0.449 e. The van der Waals surface area contributed by atoms with Gasteiger partial charge in [-0.15, -0.1) is 0 Å². The Labute approximate surface area is 364 Å². The molecule has 0 bridgehead atoms. The molecule has 2 N–H and O–H groups in total. The summed E-state index contributed by atoms with van der Waals surface area (Å²) in [6, 6.07) is 33.0. The summed E-state index contributed by atoms with van der Waals surface area (Å²) in [4.78, 5) is 24.5. The first-order valence-corrected chi connectivity index (χ1v) is 21.5. The molecule has 2 amide bonds. The number of ether oxygens (including phenoxy) is 10. The maximum absolute atomic E-state index is 12.3. The zero-order chi connectivity index (χ0) is 42.9. The van der Waals surface area contributed by atoms with E-state index in [1.807, 2.05) is 48.5 Å². The fraction of sp³-hybridized carbons (Fsp3) is 0.458. The predicted molar refractivity (Wildman–Crippen MR) is 233 cm³/mol. The number of hydrogen-bond donors (Lipinski definition) is 2. The molecule has 2 aliphatic carbocycles. The highest BCUT2D eigenvalue weighted by molar-refractivity contribution is 5.80. The van der Waals surface area contributed by atoms with E-state index in [4.69, 9.17) is 47.4 Å². The smallest absolute Gasteiger partial charge is 0.407 e. The Morgan fingerprint density at radius 1 is 0.339 bits per heavy atom. The van der Waals surface area contributed by atoms with Gasteiger partial charge in [-0.2, -0.15) is 0 Å². The Kier molecular flexibility index (Phi) is 20.5. The van der Waals surface area contributed by atoms with Gasteiger partial charge in [-0.05, 0) is 44.5 Å². The van der Waals surface area contributed by atoms with Gasteiger partial charge in [-0.1, -0.05) is 97.1 Å². The molecule has 4 aromatic rings. The molecule has 14 nitrogen and oxygen atoms in total. The molecule has 0 fully saturated rings. The van der Waals surface area contributed by atoms with Gasteiger partial charge in [0.05, 0.1) is 106 Å². The van der Waals surface area contributed by atoms with Gasteiger partial charge in [0.2, 0.25) is 0 Å². The maximum Gasteiger partial charge on any atom is 0.407 e. The van der Waals surface area contributed by atoms with Crippen LogP contribution < -0.4 is 10.6 Å². The lowest BCUT2D eigenvalue weighted by Gasteiger charge is -2.14. The van der Waals surface area contributed by atoms with Crippen LogP contribution in [0.2, 0.25) is 0 Å². The third kappa shape index (κ3) is 14.9. The quantitative estimate of drug-likeness (QED) is 0.0556. The molecule has 0 unspecified atom stereocenters. The van der Waals surface area contributed by atoms with Gasteiger partial charge < -0.3 is 58.0 Å². The number of rotatable bonds is 31. The molecule has 62 heavy (non-hydrogen) atoms. The molecule has 0 aliphatic heterocycles. The van der Waals surface area contributed by atoms with E-state index in [0.717, 1.165) is 0 Å². The third-order valence-electron chi connectivity index (χ3n) is 10.3. The Morgan fingerprint density at radius 2 is 0.565 bits per heavy atom. The van der Waals surface area contributed by atoms with E-state index in [-0.39, 0.29) is 25.0 Å². The highest BCUT2D eigenvalue weighted by atomic mass is 16.6. The first-order valence-electron chi connectivity index (χ1n) is 21.5. The first-order chi connectivity index (χ1) is 30.7. The minimum Gasteiger partial charge on any atom is -0.449 e. The molecule has 0 heterocycles. The summed E-state index contributed by atoms with van der Waals surface area (Å²) in [5.41, 5.74) is 9.52. The lowest BCUT2D eigenvalue weighted by molar-refractivity contribution is -0.0229. The van der Waals surface area contributed by atoms with Crippen molar-refractivity contribution in [1.82, 2.24) is 10.6 Å². The molecule has 0 saturated carbocycles.